The maximum Gasteiger partial charge on any atom is 0.387 e. The molecule has 0 aliphatic carbocycles. The monoisotopic (exact) mass is 308 g/mol. The second-order valence-corrected chi connectivity index (χ2v) is 4.31. The maximum absolute atomic E-state index is 12.0. The summed E-state index contributed by atoms with van der Waals surface area (Å²) >= 11 is 0. The summed E-state index contributed by atoms with van der Waals surface area (Å²) < 4.78 is 43.8. The molecule has 1 aliphatic rings. The molecule has 0 unspecified atom stereocenters. The van der Waals surface area contributed by atoms with Gasteiger partial charge in [0, 0.05) is 6.07 Å². The summed E-state index contributed by atoms with van der Waals surface area (Å²) in [4.78, 5) is 12.0. The van der Waals surface area contributed by atoms with Crippen LogP contribution in [0.2, 0.25) is 0 Å². The average molecular weight is 308 g/mol. The molecule has 0 amide bonds. The summed E-state index contributed by atoms with van der Waals surface area (Å²) in [7, 11) is 0. The van der Waals surface area contributed by atoms with Crippen LogP contribution in [-0.4, -0.2) is 19.4 Å². The molecule has 0 fully saturated rings. The SMILES string of the molecule is O=C(Oc1ccc2c(c1)OCO2)c1ccc(OC(F)F)cc1. The molecule has 3 rings (SSSR count). The molecule has 0 radical (unpaired) electrons. The lowest BCUT2D eigenvalue weighted by molar-refractivity contribution is -0.0498. The van der Waals surface area contributed by atoms with Gasteiger partial charge in [-0.25, -0.2) is 4.79 Å². The van der Waals surface area contributed by atoms with Crippen molar-refractivity contribution in [3.8, 4) is 23.0 Å². The lowest BCUT2D eigenvalue weighted by atomic mass is 10.2. The second-order valence-electron chi connectivity index (χ2n) is 4.31. The number of fused-ring (bicyclic) bond motifs is 1. The van der Waals surface area contributed by atoms with Crippen LogP contribution in [0.3, 0.4) is 0 Å². The number of benzene rings is 2. The largest absolute Gasteiger partial charge is 0.454 e. The number of hydrogen-bond acceptors (Lipinski definition) is 5. The van der Waals surface area contributed by atoms with Gasteiger partial charge in [-0.05, 0) is 36.4 Å². The van der Waals surface area contributed by atoms with E-state index in [1.165, 1.54) is 30.3 Å². The molecule has 0 atom stereocenters. The summed E-state index contributed by atoms with van der Waals surface area (Å²) in [6.07, 6.45) is 0. The highest BCUT2D eigenvalue weighted by atomic mass is 19.3. The predicted octanol–water partition coefficient (Wildman–Crippen LogP) is 3.24. The van der Waals surface area contributed by atoms with Crippen LogP contribution in [-0.2, 0) is 0 Å². The van der Waals surface area contributed by atoms with Crippen molar-refractivity contribution in [3.05, 3.63) is 48.0 Å². The molecule has 0 N–H and O–H groups in total. The van der Waals surface area contributed by atoms with E-state index in [-0.39, 0.29) is 18.1 Å². The van der Waals surface area contributed by atoms with E-state index in [1.807, 2.05) is 0 Å². The molecule has 0 aromatic heterocycles. The van der Waals surface area contributed by atoms with E-state index in [9.17, 15) is 13.6 Å². The third-order valence-corrected chi connectivity index (χ3v) is 2.87. The molecule has 2 aromatic rings. The Hall–Kier alpha value is -2.83. The molecule has 0 saturated heterocycles. The van der Waals surface area contributed by atoms with Gasteiger partial charge in [-0.15, -0.1) is 0 Å². The summed E-state index contributed by atoms with van der Waals surface area (Å²) in [5.41, 5.74) is 0.208. The van der Waals surface area contributed by atoms with Gasteiger partial charge in [0.15, 0.2) is 11.5 Å². The van der Waals surface area contributed by atoms with Gasteiger partial charge in [-0.2, -0.15) is 8.78 Å². The molecule has 5 nitrogen and oxygen atoms in total. The fourth-order valence-corrected chi connectivity index (χ4v) is 1.88. The smallest absolute Gasteiger partial charge is 0.387 e. The van der Waals surface area contributed by atoms with E-state index in [0.717, 1.165) is 0 Å². The Morgan fingerprint density at radius 3 is 2.41 bits per heavy atom. The zero-order chi connectivity index (χ0) is 15.5. The number of esters is 1. The van der Waals surface area contributed by atoms with Crippen LogP contribution in [0.1, 0.15) is 10.4 Å². The third-order valence-electron chi connectivity index (χ3n) is 2.87. The highest BCUT2D eigenvalue weighted by molar-refractivity contribution is 5.91. The molecule has 0 bridgehead atoms. The Balaban J connectivity index is 1.69. The van der Waals surface area contributed by atoms with E-state index < -0.39 is 12.6 Å². The van der Waals surface area contributed by atoms with Crippen LogP contribution < -0.4 is 18.9 Å². The van der Waals surface area contributed by atoms with Crippen LogP contribution in [0.25, 0.3) is 0 Å². The average Bonchev–Trinajstić information content (AvgIpc) is 2.95. The van der Waals surface area contributed by atoms with Crippen LogP contribution >= 0.6 is 0 Å². The quantitative estimate of drug-likeness (QED) is 0.641. The first-order chi connectivity index (χ1) is 10.6. The summed E-state index contributed by atoms with van der Waals surface area (Å²) in [5, 5.41) is 0. The number of alkyl halides is 2. The Morgan fingerprint density at radius 2 is 1.68 bits per heavy atom. The summed E-state index contributed by atoms with van der Waals surface area (Å²) in [5.74, 6) is 0.707. The number of rotatable bonds is 4. The van der Waals surface area contributed by atoms with Gasteiger partial charge in [0.05, 0.1) is 5.56 Å². The minimum atomic E-state index is -2.91. The van der Waals surface area contributed by atoms with Crippen molar-refractivity contribution in [1.82, 2.24) is 0 Å². The van der Waals surface area contributed by atoms with Gasteiger partial charge in [0.2, 0.25) is 6.79 Å². The van der Waals surface area contributed by atoms with Gasteiger partial charge in [-0.3, -0.25) is 0 Å². The first-order valence-corrected chi connectivity index (χ1v) is 6.28. The van der Waals surface area contributed by atoms with Gasteiger partial charge >= 0.3 is 12.6 Å². The minimum absolute atomic E-state index is 0.0328. The number of carbonyl (C=O) groups excluding carboxylic acids is 1. The van der Waals surface area contributed by atoms with Crippen LogP contribution in [0.4, 0.5) is 8.78 Å². The lowest BCUT2D eigenvalue weighted by Gasteiger charge is -2.07. The maximum atomic E-state index is 12.0. The van der Waals surface area contributed by atoms with E-state index in [1.54, 1.807) is 12.1 Å². The standard InChI is InChI=1S/C15H10F2O5/c16-15(17)22-10-3-1-9(2-4-10)14(18)21-11-5-6-12-13(7-11)20-8-19-12/h1-7,15H,8H2. The van der Waals surface area contributed by atoms with Crippen LogP contribution in [0, 0.1) is 0 Å². The van der Waals surface area contributed by atoms with Crippen molar-refractivity contribution in [3.63, 3.8) is 0 Å². The number of hydrogen-bond donors (Lipinski definition) is 0. The third kappa shape index (κ3) is 3.08. The summed E-state index contributed by atoms with van der Waals surface area (Å²) in [6.45, 7) is -2.79. The topological polar surface area (TPSA) is 54.0 Å². The molecule has 114 valence electrons. The molecule has 7 heteroatoms. The highest BCUT2D eigenvalue weighted by Crippen LogP contribution is 2.35. The van der Waals surface area contributed by atoms with Gasteiger partial charge < -0.3 is 18.9 Å². The Morgan fingerprint density at radius 1 is 1.00 bits per heavy atom. The van der Waals surface area contributed by atoms with Gasteiger partial charge in [-0.1, -0.05) is 0 Å². The molecule has 22 heavy (non-hydrogen) atoms. The first kappa shape index (κ1) is 14.1. The minimum Gasteiger partial charge on any atom is -0.454 e. The molecule has 1 heterocycles. The van der Waals surface area contributed by atoms with Gasteiger partial charge in [0.25, 0.3) is 0 Å². The van der Waals surface area contributed by atoms with Crippen molar-refractivity contribution in [2.24, 2.45) is 0 Å². The molecule has 2 aromatic carbocycles. The van der Waals surface area contributed by atoms with E-state index >= 15 is 0 Å². The van der Waals surface area contributed by atoms with Crippen molar-refractivity contribution in [2.45, 2.75) is 6.61 Å². The molecule has 0 saturated carbocycles. The van der Waals surface area contributed by atoms with E-state index in [2.05, 4.69) is 4.74 Å². The first-order valence-electron chi connectivity index (χ1n) is 6.28. The van der Waals surface area contributed by atoms with Crippen molar-refractivity contribution in [1.29, 1.82) is 0 Å². The van der Waals surface area contributed by atoms with E-state index in [4.69, 9.17) is 14.2 Å². The molecular weight excluding hydrogens is 298 g/mol. The Bertz CT molecular complexity index is 685. The van der Waals surface area contributed by atoms with E-state index in [0.29, 0.717) is 17.2 Å². The fraction of sp³-hybridized carbons (Fsp3) is 0.133. The predicted molar refractivity (Wildman–Crippen MR) is 70.6 cm³/mol. The number of halogens is 2. The zero-order valence-electron chi connectivity index (χ0n) is 11.1. The Kier molecular flexibility index (Phi) is 3.78. The number of carbonyl (C=O) groups is 1. The van der Waals surface area contributed by atoms with Crippen LogP contribution in [0.5, 0.6) is 23.0 Å². The fourth-order valence-electron chi connectivity index (χ4n) is 1.88. The number of ether oxygens (including phenoxy) is 4. The molecule has 0 spiro atoms. The van der Waals surface area contributed by atoms with Crippen molar-refractivity contribution in [2.75, 3.05) is 6.79 Å². The van der Waals surface area contributed by atoms with Crippen molar-refractivity contribution < 1.29 is 32.5 Å². The Labute approximate surface area is 124 Å². The normalized spacial score (nSPS) is 12.3. The molecular formula is C15H10F2O5. The highest BCUT2D eigenvalue weighted by Gasteiger charge is 2.16. The second kappa shape index (κ2) is 5.88. The summed E-state index contributed by atoms with van der Waals surface area (Å²) in [6, 6.07) is 9.95. The molecule has 1 aliphatic heterocycles. The lowest BCUT2D eigenvalue weighted by Crippen LogP contribution is -2.08. The van der Waals surface area contributed by atoms with Gasteiger partial charge in [0.1, 0.15) is 11.5 Å². The van der Waals surface area contributed by atoms with Crippen molar-refractivity contribution >= 4 is 5.97 Å². The zero-order valence-corrected chi connectivity index (χ0v) is 11.1. The van der Waals surface area contributed by atoms with Crippen LogP contribution in [0.15, 0.2) is 42.5 Å².